The molecule has 0 saturated carbocycles. The van der Waals surface area contributed by atoms with Gasteiger partial charge < -0.3 is 20.3 Å². The molecule has 7 nitrogen and oxygen atoms in total. The van der Waals surface area contributed by atoms with Crippen LogP contribution in [0.4, 0.5) is 4.79 Å². The normalized spacial score (nSPS) is 13.0. The Morgan fingerprint density at radius 1 is 0.914 bits per heavy atom. The first-order valence-corrected chi connectivity index (χ1v) is 12.2. The molecule has 2 N–H and O–H groups in total. The summed E-state index contributed by atoms with van der Waals surface area (Å²) in [4.78, 5) is 41.6. The third-order valence-electron chi connectivity index (χ3n) is 5.13. The number of nitrogens with zero attached hydrogens (tertiary/aromatic N) is 1. The minimum Gasteiger partial charge on any atom is -0.444 e. The van der Waals surface area contributed by atoms with E-state index in [1.807, 2.05) is 81.4 Å². The number of amides is 3. The number of ether oxygens (including phenoxy) is 1. The van der Waals surface area contributed by atoms with E-state index in [-0.39, 0.29) is 24.3 Å². The van der Waals surface area contributed by atoms with Crippen molar-refractivity contribution < 1.29 is 19.1 Å². The molecule has 2 aromatic carbocycles. The SMILES string of the molecule is CCCN(C(=O)C(Cc1ccccc1)NC(=O)OC(C)(C)C)C(C(=O)NC(C)C)c1ccccc1. The Balaban J connectivity index is 2.46. The van der Waals surface area contributed by atoms with Crippen LogP contribution < -0.4 is 10.6 Å². The van der Waals surface area contributed by atoms with Crippen molar-refractivity contribution in [3.63, 3.8) is 0 Å². The van der Waals surface area contributed by atoms with Crippen LogP contribution in [0.5, 0.6) is 0 Å². The van der Waals surface area contributed by atoms with Crippen LogP contribution in [-0.2, 0) is 20.7 Å². The molecule has 0 aliphatic rings. The smallest absolute Gasteiger partial charge is 0.408 e. The number of alkyl carbamates (subject to hydrolysis) is 1. The molecule has 0 fully saturated rings. The molecule has 2 aromatic rings. The molecule has 3 amide bonds. The van der Waals surface area contributed by atoms with Gasteiger partial charge in [-0.05, 0) is 52.2 Å². The number of hydrogen-bond acceptors (Lipinski definition) is 4. The molecule has 0 spiro atoms. The minimum absolute atomic E-state index is 0.0905. The first-order valence-electron chi connectivity index (χ1n) is 12.2. The predicted molar refractivity (Wildman–Crippen MR) is 138 cm³/mol. The molecule has 0 aliphatic carbocycles. The van der Waals surface area contributed by atoms with Gasteiger partial charge in [-0.1, -0.05) is 67.6 Å². The van der Waals surface area contributed by atoms with E-state index in [0.717, 1.165) is 5.56 Å². The van der Waals surface area contributed by atoms with Crippen molar-refractivity contribution in [2.45, 2.75) is 78.1 Å². The molecule has 2 atom stereocenters. The fourth-order valence-corrected chi connectivity index (χ4v) is 3.78. The Bertz CT molecular complexity index is 955. The monoisotopic (exact) mass is 481 g/mol. The third-order valence-corrected chi connectivity index (χ3v) is 5.13. The summed E-state index contributed by atoms with van der Waals surface area (Å²) in [5.41, 5.74) is 0.890. The van der Waals surface area contributed by atoms with Gasteiger partial charge in [-0.25, -0.2) is 4.79 Å². The summed E-state index contributed by atoms with van der Waals surface area (Å²) in [7, 11) is 0. The molecule has 0 bridgehead atoms. The highest BCUT2D eigenvalue weighted by Crippen LogP contribution is 2.24. The van der Waals surface area contributed by atoms with Crippen LogP contribution in [0.25, 0.3) is 0 Å². The zero-order valence-corrected chi connectivity index (χ0v) is 21.7. The van der Waals surface area contributed by atoms with Crippen LogP contribution in [0, 0.1) is 0 Å². The lowest BCUT2D eigenvalue weighted by Gasteiger charge is -2.34. The van der Waals surface area contributed by atoms with E-state index in [2.05, 4.69) is 10.6 Å². The molecule has 35 heavy (non-hydrogen) atoms. The highest BCUT2D eigenvalue weighted by atomic mass is 16.6. The second-order valence-electron chi connectivity index (χ2n) is 9.90. The van der Waals surface area contributed by atoms with E-state index in [1.165, 1.54) is 0 Å². The maximum atomic E-state index is 14.0. The van der Waals surface area contributed by atoms with E-state index in [0.29, 0.717) is 18.5 Å². The number of rotatable bonds is 10. The first kappa shape index (κ1) is 27.9. The van der Waals surface area contributed by atoms with Crippen molar-refractivity contribution >= 4 is 17.9 Å². The molecular formula is C28H39N3O4. The van der Waals surface area contributed by atoms with Crippen molar-refractivity contribution in [1.82, 2.24) is 15.5 Å². The van der Waals surface area contributed by atoms with Crippen molar-refractivity contribution in [3.05, 3.63) is 71.8 Å². The minimum atomic E-state index is -0.906. The van der Waals surface area contributed by atoms with Gasteiger partial charge in [0.2, 0.25) is 11.8 Å². The van der Waals surface area contributed by atoms with Gasteiger partial charge in [0.05, 0.1) is 0 Å². The average molecular weight is 482 g/mol. The number of benzene rings is 2. The molecule has 7 heteroatoms. The number of hydrogen-bond donors (Lipinski definition) is 2. The van der Waals surface area contributed by atoms with Gasteiger partial charge in [-0.15, -0.1) is 0 Å². The Morgan fingerprint density at radius 3 is 2.00 bits per heavy atom. The van der Waals surface area contributed by atoms with E-state index in [4.69, 9.17) is 4.74 Å². The summed E-state index contributed by atoms with van der Waals surface area (Å²) < 4.78 is 5.44. The molecular weight excluding hydrogens is 442 g/mol. The predicted octanol–water partition coefficient (Wildman–Crippen LogP) is 4.63. The fraction of sp³-hybridized carbons (Fsp3) is 0.464. The lowest BCUT2D eigenvalue weighted by atomic mass is 10.00. The lowest BCUT2D eigenvalue weighted by molar-refractivity contribution is -0.142. The van der Waals surface area contributed by atoms with Gasteiger partial charge in [0, 0.05) is 19.0 Å². The topological polar surface area (TPSA) is 87.7 Å². The van der Waals surface area contributed by atoms with Gasteiger partial charge in [-0.3, -0.25) is 9.59 Å². The molecule has 0 aliphatic heterocycles. The first-order chi connectivity index (χ1) is 16.5. The van der Waals surface area contributed by atoms with Crippen LogP contribution in [-0.4, -0.2) is 47.0 Å². The van der Waals surface area contributed by atoms with Gasteiger partial charge in [0.15, 0.2) is 0 Å². The standard InChI is InChI=1S/C28H39N3O4/c1-7-18-31(24(25(32)29-20(2)3)22-16-12-9-13-17-22)26(33)23(19-21-14-10-8-11-15-21)30-27(34)35-28(4,5)6/h8-17,20,23-24H,7,18-19H2,1-6H3,(H,29,32)(H,30,34). The lowest BCUT2D eigenvalue weighted by Crippen LogP contribution is -2.54. The average Bonchev–Trinajstić information content (AvgIpc) is 2.77. The quantitative estimate of drug-likeness (QED) is 0.518. The van der Waals surface area contributed by atoms with Crippen LogP contribution in [0.3, 0.4) is 0 Å². The third kappa shape index (κ3) is 9.08. The van der Waals surface area contributed by atoms with Crippen molar-refractivity contribution in [2.24, 2.45) is 0 Å². The second-order valence-corrected chi connectivity index (χ2v) is 9.90. The maximum Gasteiger partial charge on any atom is 0.408 e. The fourth-order valence-electron chi connectivity index (χ4n) is 3.78. The summed E-state index contributed by atoms with van der Waals surface area (Å²) in [5, 5.41) is 5.71. The second kappa shape index (κ2) is 12.9. The van der Waals surface area contributed by atoms with Crippen LogP contribution in [0.15, 0.2) is 60.7 Å². The molecule has 2 unspecified atom stereocenters. The van der Waals surface area contributed by atoms with E-state index >= 15 is 0 Å². The van der Waals surface area contributed by atoms with Crippen LogP contribution >= 0.6 is 0 Å². The molecule has 0 aromatic heterocycles. The molecule has 0 heterocycles. The Kier molecular flexibility index (Phi) is 10.3. The number of nitrogens with one attached hydrogen (secondary N) is 2. The van der Waals surface area contributed by atoms with E-state index < -0.39 is 23.8 Å². The largest absolute Gasteiger partial charge is 0.444 e. The van der Waals surface area contributed by atoms with E-state index in [9.17, 15) is 14.4 Å². The van der Waals surface area contributed by atoms with Crippen molar-refractivity contribution in [1.29, 1.82) is 0 Å². The van der Waals surface area contributed by atoms with Crippen molar-refractivity contribution in [3.8, 4) is 0 Å². The van der Waals surface area contributed by atoms with Crippen molar-refractivity contribution in [2.75, 3.05) is 6.54 Å². The van der Waals surface area contributed by atoms with Gasteiger partial charge in [-0.2, -0.15) is 0 Å². The maximum absolute atomic E-state index is 14.0. The van der Waals surface area contributed by atoms with Gasteiger partial charge >= 0.3 is 6.09 Å². The Hall–Kier alpha value is -3.35. The van der Waals surface area contributed by atoms with Gasteiger partial charge in [0.25, 0.3) is 0 Å². The Labute approximate surface area is 209 Å². The molecule has 2 rings (SSSR count). The molecule has 0 radical (unpaired) electrons. The summed E-state index contributed by atoms with van der Waals surface area (Å²) >= 11 is 0. The zero-order valence-electron chi connectivity index (χ0n) is 21.7. The highest BCUT2D eigenvalue weighted by molar-refractivity contribution is 5.92. The number of carbonyl (C=O) groups is 3. The highest BCUT2D eigenvalue weighted by Gasteiger charge is 2.36. The van der Waals surface area contributed by atoms with E-state index in [1.54, 1.807) is 25.7 Å². The summed E-state index contributed by atoms with van der Waals surface area (Å²) in [5.74, 6) is -0.599. The van der Waals surface area contributed by atoms with Crippen LogP contribution in [0.1, 0.15) is 65.1 Å². The van der Waals surface area contributed by atoms with Gasteiger partial charge in [0.1, 0.15) is 17.7 Å². The Morgan fingerprint density at radius 2 is 1.49 bits per heavy atom. The van der Waals surface area contributed by atoms with Crippen LogP contribution in [0.2, 0.25) is 0 Å². The molecule has 0 saturated heterocycles. The molecule has 190 valence electrons. The number of carbonyl (C=O) groups excluding carboxylic acids is 3. The summed E-state index contributed by atoms with van der Waals surface area (Å²) in [6.45, 7) is 11.4. The summed E-state index contributed by atoms with van der Waals surface area (Å²) in [6.07, 6.45) is 0.243. The zero-order chi connectivity index (χ0) is 26.0. The summed E-state index contributed by atoms with van der Waals surface area (Å²) in [6, 6.07) is 16.9.